The lowest BCUT2D eigenvalue weighted by atomic mass is 9.93. The van der Waals surface area contributed by atoms with E-state index < -0.39 is 0 Å². The van der Waals surface area contributed by atoms with Gasteiger partial charge >= 0.3 is 0 Å². The largest absolute Gasteiger partial charge is 0.374 e. The molecule has 0 unspecified atom stereocenters. The predicted molar refractivity (Wildman–Crippen MR) is 62.2 cm³/mol. The molecular weight excluding hydrogens is 170 g/mol. The van der Waals surface area contributed by atoms with Crippen LogP contribution in [0.15, 0.2) is 12.1 Å². The van der Waals surface area contributed by atoms with Gasteiger partial charge in [-0.1, -0.05) is 26.0 Å². The highest BCUT2D eigenvalue weighted by molar-refractivity contribution is 5.65. The third-order valence-corrected chi connectivity index (χ3v) is 3.22. The van der Waals surface area contributed by atoms with Crippen molar-refractivity contribution in [3.63, 3.8) is 0 Å². The van der Waals surface area contributed by atoms with Crippen molar-refractivity contribution in [3.05, 3.63) is 28.8 Å². The number of hydrogen-bond donors (Lipinski definition) is 0. The summed E-state index contributed by atoms with van der Waals surface area (Å²) in [5, 5.41) is 0. The van der Waals surface area contributed by atoms with E-state index in [0.717, 1.165) is 0 Å². The van der Waals surface area contributed by atoms with Crippen LogP contribution in [0.2, 0.25) is 0 Å². The van der Waals surface area contributed by atoms with Gasteiger partial charge in [-0.15, -0.1) is 0 Å². The zero-order valence-electron chi connectivity index (χ0n) is 9.59. The topological polar surface area (TPSA) is 3.24 Å². The zero-order valence-corrected chi connectivity index (χ0v) is 9.59. The first-order valence-electron chi connectivity index (χ1n) is 5.44. The van der Waals surface area contributed by atoms with Gasteiger partial charge < -0.3 is 4.90 Å². The van der Waals surface area contributed by atoms with Gasteiger partial charge in [0.25, 0.3) is 0 Å². The molecule has 0 amide bonds. The Kier molecular flexibility index (Phi) is 2.26. The third-order valence-electron chi connectivity index (χ3n) is 3.22. The van der Waals surface area contributed by atoms with E-state index in [-0.39, 0.29) is 0 Å². The van der Waals surface area contributed by atoms with Crippen LogP contribution >= 0.6 is 0 Å². The minimum absolute atomic E-state index is 0.649. The SMILES string of the molecule is Cc1ccc(C(C)C)c2c1N(C)CC2. The van der Waals surface area contributed by atoms with E-state index in [4.69, 9.17) is 0 Å². The van der Waals surface area contributed by atoms with E-state index in [0.29, 0.717) is 5.92 Å². The predicted octanol–water partition coefficient (Wildman–Crippen LogP) is 3.11. The number of benzene rings is 1. The van der Waals surface area contributed by atoms with Crippen molar-refractivity contribution in [3.8, 4) is 0 Å². The lowest BCUT2D eigenvalue weighted by molar-refractivity contribution is 0.847. The van der Waals surface area contributed by atoms with Crippen molar-refractivity contribution in [2.24, 2.45) is 0 Å². The Labute approximate surface area is 86.7 Å². The lowest BCUT2D eigenvalue weighted by Crippen LogP contribution is -2.13. The summed E-state index contributed by atoms with van der Waals surface area (Å²) in [7, 11) is 2.20. The first-order valence-corrected chi connectivity index (χ1v) is 5.44. The van der Waals surface area contributed by atoms with Crippen LogP contribution in [0.3, 0.4) is 0 Å². The molecule has 0 fully saturated rings. The number of hydrogen-bond acceptors (Lipinski definition) is 1. The molecule has 0 saturated heterocycles. The third kappa shape index (κ3) is 1.31. The zero-order chi connectivity index (χ0) is 10.3. The molecule has 0 aromatic heterocycles. The normalized spacial score (nSPS) is 15.1. The highest BCUT2D eigenvalue weighted by Crippen LogP contribution is 2.35. The van der Waals surface area contributed by atoms with E-state index in [1.165, 1.54) is 29.8 Å². The Hall–Kier alpha value is -0.980. The van der Waals surface area contributed by atoms with Crippen LogP contribution in [0.1, 0.15) is 36.5 Å². The molecular formula is C13H19N. The fourth-order valence-corrected chi connectivity index (χ4v) is 2.50. The smallest absolute Gasteiger partial charge is 0.0429 e. The standard InChI is InChI=1S/C13H19N/c1-9(2)11-6-5-10(3)13-12(11)7-8-14(13)4/h5-6,9H,7-8H2,1-4H3. The molecule has 1 aromatic rings. The van der Waals surface area contributed by atoms with Gasteiger partial charge in [-0.25, -0.2) is 0 Å². The summed E-state index contributed by atoms with van der Waals surface area (Å²) in [6, 6.07) is 4.56. The van der Waals surface area contributed by atoms with Crippen LogP contribution in [0, 0.1) is 6.92 Å². The maximum absolute atomic E-state index is 2.39. The number of aryl methyl sites for hydroxylation is 1. The number of nitrogens with zero attached hydrogens (tertiary/aromatic N) is 1. The summed E-state index contributed by atoms with van der Waals surface area (Å²) in [6.07, 6.45) is 1.22. The van der Waals surface area contributed by atoms with E-state index in [1.807, 2.05) is 0 Å². The fourth-order valence-electron chi connectivity index (χ4n) is 2.50. The number of fused-ring (bicyclic) bond motifs is 1. The number of anilines is 1. The average Bonchev–Trinajstić information content (AvgIpc) is 2.49. The molecule has 1 aliphatic heterocycles. The summed E-state index contributed by atoms with van der Waals surface area (Å²) in [5.41, 5.74) is 6.03. The van der Waals surface area contributed by atoms with Crippen LogP contribution in [0.4, 0.5) is 5.69 Å². The number of likely N-dealkylation sites (N-methyl/N-ethyl adjacent to an activating group) is 1. The molecule has 1 aliphatic rings. The van der Waals surface area contributed by atoms with Gasteiger partial charge in [-0.3, -0.25) is 0 Å². The van der Waals surface area contributed by atoms with Crippen LogP contribution in [0.5, 0.6) is 0 Å². The first kappa shape index (κ1) is 9.57. The van der Waals surface area contributed by atoms with E-state index in [9.17, 15) is 0 Å². The van der Waals surface area contributed by atoms with E-state index in [1.54, 1.807) is 5.56 Å². The second kappa shape index (κ2) is 3.30. The van der Waals surface area contributed by atoms with Crippen LogP contribution < -0.4 is 4.90 Å². The van der Waals surface area contributed by atoms with Crippen molar-refractivity contribution in [1.29, 1.82) is 0 Å². The van der Waals surface area contributed by atoms with Gasteiger partial charge in [0.15, 0.2) is 0 Å². The molecule has 0 aliphatic carbocycles. The summed E-state index contributed by atoms with van der Waals surface area (Å²) in [6.45, 7) is 7.96. The minimum Gasteiger partial charge on any atom is -0.374 e. The molecule has 0 N–H and O–H groups in total. The molecule has 0 radical (unpaired) electrons. The Morgan fingerprint density at radius 3 is 2.64 bits per heavy atom. The Morgan fingerprint density at radius 2 is 2.00 bits per heavy atom. The monoisotopic (exact) mass is 189 g/mol. The summed E-state index contributed by atoms with van der Waals surface area (Å²) in [4.78, 5) is 2.39. The molecule has 2 rings (SSSR count). The van der Waals surface area contributed by atoms with E-state index >= 15 is 0 Å². The van der Waals surface area contributed by atoms with Gasteiger partial charge in [-0.05, 0) is 36.0 Å². The van der Waals surface area contributed by atoms with Gasteiger partial charge in [0.05, 0.1) is 0 Å². The fraction of sp³-hybridized carbons (Fsp3) is 0.538. The Balaban J connectivity index is 2.59. The van der Waals surface area contributed by atoms with Crippen molar-refractivity contribution in [2.45, 2.75) is 33.1 Å². The van der Waals surface area contributed by atoms with Gasteiger partial charge in [0.1, 0.15) is 0 Å². The molecule has 1 heterocycles. The molecule has 0 spiro atoms. The van der Waals surface area contributed by atoms with Crippen molar-refractivity contribution in [1.82, 2.24) is 0 Å². The molecule has 0 saturated carbocycles. The van der Waals surface area contributed by atoms with Gasteiger partial charge in [0.2, 0.25) is 0 Å². The summed E-state index contributed by atoms with van der Waals surface area (Å²) >= 11 is 0. The van der Waals surface area contributed by atoms with Crippen molar-refractivity contribution >= 4 is 5.69 Å². The summed E-state index contributed by atoms with van der Waals surface area (Å²) < 4.78 is 0. The number of rotatable bonds is 1. The molecule has 14 heavy (non-hydrogen) atoms. The molecule has 1 heteroatoms. The van der Waals surface area contributed by atoms with E-state index in [2.05, 4.69) is 44.9 Å². The highest BCUT2D eigenvalue weighted by Gasteiger charge is 2.21. The highest BCUT2D eigenvalue weighted by atomic mass is 15.1. The summed E-state index contributed by atoms with van der Waals surface area (Å²) in [5.74, 6) is 0.649. The molecule has 1 aromatic carbocycles. The first-order chi connectivity index (χ1) is 6.61. The molecule has 1 nitrogen and oxygen atoms in total. The maximum Gasteiger partial charge on any atom is 0.0429 e. The Bertz CT molecular complexity index is 352. The quantitative estimate of drug-likeness (QED) is 0.656. The second-order valence-electron chi connectivity index (χ2n) is 4.63. The lowest BCUT2D eigenvalue weighted by Gasteiger charge is -2.17. The van der Waals surface area contributed by atoms with Crippen molar-refractivity contribution < 1.29 is 0 Å². The second-order valence-corrected chi connectivity index (χ2v) is 4.63. The van der Waals surface area contributed by atoms with Crippen LogP contribution in [0.25, 0.3) is 0 Å². The van der Waals surface area contributed by atoms with Gasteiger partial charge in [-0.2, -0.15) is 0 Å². The average molecular weight is 189 g/mol. The molecule has 0 atom stereocenters. The maximum atomic E-state index is 2.39. The van der Waals surface area contributed by atoms with Crippen molar-refractivity contribution in [2.75, 3.05) is 18.5 Å². The molecule has 0 bridgehead atoms. The molecule has 76 valence electrons. The Morgan fingerprint density at radius 1 is 1.29 bits per heavy atom. The van der Waals surface area contributed by atoms with Crippen LogP contribution in [-0.4, -0.2) is 13.6 Å². The van der Waals surface area contributed by atoms with Crippen LogP contribution in [-0.2, 0) is 6.42 Å². The minimum atomic E-state index is 0.649. The van der Waals surface area contributed by atoms with Gasteiger partial charge in [0, 0.05) is 19.3 Å².